The third-order valence-electron chi connectivity index (χ3n) is 2.30. The number of benzene rings is 1. The number of hydrogen-bond donors (Lipinski definition) is 2. The maximum Gasteiger partial charge on any atom is 0.339 e. The van der Waals surface area contributed by atoms with E-state index in [0.29, 0.717) is 10.0 Å². The van der Waals surface area contributed by atoms with Gasteiger partial charge in [-0.05, 0) is 24.3 Å². The molecule has 19 heavy (non-hydrogen) atoms. The molecule has 3 N–H and O–H groups in total. The van der Waals surface area contributed by atoms with Gasteiger partial charge in [-0.2, -0.15) is 0 Å². The number of pyridine rings is 1. The summed E-state index contributed by atoms with van der Waals surface area (Å²) in [6.07, 6.45) is 1.53. The van der Waals surface area contributed by atoms with Gasteiger partial charge in [0, 0.05) is 11.1 Å². The van der Waals surface area contributed by atoms with E-state index in [1.165, 1.54) is 12.3 Å². The molecule has 7 heteroatoms. The summed E-state index contributed by atoms with van der Waals surface area (Å²) < 4.78 is 13.3. The lowest BCUT2D eigenvalue weighted by Crippen LogP contribution is -2.06. The number of halogens is 2. The lowest BCUT2D eigenvalue weighted by Gasteiger charge is -2.09. The first-order valence-electron chi connectivity index (χ1n) is 5.10. The van der Waals surface area contributed by atoms with Crippen molar-refractivity contribution in [2.45, 2.75) is 9.92 Å². The fourth-order valence-corrected chi connectivity index (χ4v) is 2.59. The quantitative estimate of drug-likeness (QED) is 0.850. The monoisotopic (exact) mass is 298 g/mol. The molecule has 0 saturated carbocycles. The van der Waals surface area contributed by atoms with Crippen molar-refractivity contribution in [3.63, 3.8) is 0 Å². The van der Waals surface area contributed by atoms with Crippen LogP contribution >= 0.6 is 23.4 Å². The molecule has 0 atom stereocenters. The average Bonchev–Trinajstić information content (AvgIpc) is 2.36. The van der Waals surface area contributed by atoms with Crippen LogP contribution in [0.2, 0.25) is 5.02 Å². The maximum atomic E-state index is 13.3. The minimum absolute atomic E-state index is 0.284. The minimum Gasteiger partial charge on any atom is -0.478 e. The van der Waals surface area contributed by atoms with Crippen LogP contribution in [-0.2, 0) is 0 Å². The summed E-state index contributed by atoms with van der Waals surface area (Å²) in [5, 5.41) is 9.91. The zero-order valence-electron chi connectivity index (χ0n) is 9.43. The molecular weight excluding hydrogens is 291 g/mol. The Morgan fingerprint density at radius 2 is 2.16 bits per heavy atom. The second-order valence-corrected chi connectivity index (χ2v) is 4.97. The molecule has 2 aromatic rings. The Kier molecular flexibility index (Phi) is 3.92. The fraction of sp³-hybridized carbons (Fsp3) is 0. The molecule has 0 saturated heterocycles. The van der Waals surface area contributed by atoms with Crippen LogP contribution in [0, 0.1) is 5.82 Å². The van der Waals surface area contributed by atoms with E-state index in [-0.39, 0.29) is 10.5 Å². The van der Waals surface area contributed by atoms with Crippen LogP contribution in [0.3, 0.4) is 0 Å². The summed E-state index contributed by atoms with van der Waals surface area (Å²) in [4.78, 5) is 15.5. The highest BCUT2D eigenvalue weighted by Crippen LogP contribution is 2.36. The molecule has 0 aliphatic carbocycles. The van der Waals surface area contributed by atoms with Crippen molar-refractivity contribution in [3.05, 3.63) is 46.9 Å². The molecular formula is C12H8ClFN2O2S. The predicted molar refractivity (Wildman–Crippen MR) is 71.1 cm³/mol. The molecule has 0 amide bonds. The van der Waals surface area contributed by atoms with Crippen LogP contribution in [0.4, 0.5) is 10.1 Å². The average molecular weight is 299 g/mol. The first-order chi connectivity index (χ1) is 9.00. The molecule has 0 spiro atoms. The predicted octanol–water partition coefficient (Wildman–Crippen LogP) is 3.31. The van der Waals surface area contributed by atoms with E-state index in [2.05, 4.69) is 4.98 Å². The number of aromatic nitrogens is 1. The van der Waals surface area contributed by atoms with Gasteiger partial charge in [-0.1, -0.05) is 23.4 Å². The van der Waals surface area contributed by atoms with Gasteiger partial charge in [-0.15, -0.1) is 0 Å². The highest BCUT2D eigenvalue weighted by molar-refractivity contribution is 7.99. The number of carbonyl (C=O) groups is 1. The number of nitrogen functional groups attached to an aromatic ring is 1. The molecule has 98 valence electrons. The molecule has 0 aliphatic heterocycles. The van der Waals surface area contributed by atoms with Crippen LogP contribution in [0.1, 0.15) is 10.4 Å². The van der Waals surface area contributed by atoms with E-state index in [1.54, 1.807) is 12.1 Å². The smallest absolute Gasteiger partial charge is 0.339 e. The normalized spacial score (nSPS) is 10.4. The van der Waals surface area contributed by atoms with Crippen molar-refractivity contribution < 1.29 is 14.3 Å². The molecule has 0 fully saturated rings. The number of anilines is 1. The largest absolute Gasteiger partial charge is 0.478 e. The highest BCUT2D eigenvalue weighted by atomic mass is 35.5. The van der Waals surface area contributed by atoms with E-state index in [4.69, 9.17) is 22.4 Å². The van der Waals surface area contributed by atoms with Gasteiger partial charge in [0.1, 0.15) is 10.8 Å². The standard InChI is InChI=1S/C12H8ClFN2O2S/c13-6-2-1-5-16-11(6)19-8-4-3-7(14)10(15)9(8)12(17)18/h1-5H,15H2,(H,17,18). The van der Waals surface area contributed by atoms with Gasteiger partial charge in [0.25, 0.3) is 0 Å². The first kappa shape index (κ1) is 13.6. The fourth-order valence-electron chi connectivity index (χ4n) is 1.43. The zero-order chi connectivity index (χ0) is 14.0. The number of hydrogen-bond acceptors (Lipinski definition) is 4. The number of nitrogens with two attached hydrogens (primary N) is 1. The van der Waals surface area contributed by atoms with Gasteiger partial charge in [0.2, 0.25) is 0 Å². The summed E-state index contributed by atoms with van der Waals surface area (Å²) in [5.41, 5.74) is 4.77. The number of aromatic carboxylic acids is 1. The highest BCUT2D eigenvalue weighted by Gasteiger charge is 2.19. The maximum absolute atomic E-state index is 13.3. The third-order valence-corrected chi connectivity index (χ3v) is 3.80. The van der Waals surface area contributed by atoms with Gasteiger partial charge in [0.15, 0.2) is 0 Å². The Balaban J connectivity index is 2.49. The Bertz CT molecular complexity index is 652. The summed E-state index contributed by atoms with van der Waals surface area (Å²) in [6.45, 7) is 0. The summed E-state index contributed by atoms with van der Waals surface area (Å²) in [7, 11) is 0. The van der Waals surface area contributed by atoms with Crippen molar-refractivity contribution in [2.24, 2.45) is 0 Å². The van der Waals surface area contributed by atoms with E-state index >= 15 is 0 Å². The number of carboxylic acids is 1. The molecule has 1 aromatic heterocycles. The zero-order valence-corrected chi connectivity index (χ0v) is 11.0. The lowest BCUT2D eigenvalue weighted by atomic mass is 10.2. The molecule has 4 nitrogen and oxygen atoms in total. The molecule has 1 heterocycles. The Morgan fingerprint density at radius 3 is 2.79 bits per heavy atom. The van der Waals surface area contributed by atoms with Crippen LogP contribution in [0.5, 0.6) is 0 Å². The second kappa shape index (κ2) is 5.46. The third kappa shape index (κ3) is 2.80. The SMILES string of the molecule is Nc1c(F)ccc(Sc2ncccc2Cl)c1C(=O)O. The number of rotatable bonds is 3. The topological polar surface area (TPSA) is 76.2 Å². The van der Waals surface area contributed by atoms with Crippen molar-refractivity contribution >= 4 is 35.0 Å². The Labute approximate surface area is 117 Å². The lowest BCUT2D eigenvalue weighted by molar-refractivity contribution is 0.0694. The van der Waals surface area contributed by atoms with Crippen LogP contribution in [0.15, 0.2) is 40.4 Å². The van der Waals surface area contributed by atoms with Gasteiger partial charge in [-0.3, -0.25) is 0 Å². The van der Waals surface area contributed by atoms with Crippen molar-refractivity contribution in [1.82, 2.24) is 4.98 Å². The number of nitrogens with zero attached hydrogens (tertiary/aromatic N) is 1. The van der Waals surface area contributed by atoms with Crippen molar-refractivity contribution in [3.8, 4) is 0 Å². The van der Waals surface area contributed by atoms with Crippen molar-refractivity contribution in [2.75, 3.05) is 5.73 Å². The van der Waals surface area contributed by atoms with E-state index in [9.17, 15) is 9.18 Å². The van der Waals surface area contributed by atoms with E-state index < -0.39 is 17.5 Å². The van der Waals surface area contributed by atoms with E-state index in [1.807, 2.05) is 0 Å². The van der Waals surface area contributed by atoms with Gasteiger partial charge < -0.3 is 10.8 Å². The van der Waals surface area contributed by atoms with Crippen LogP contribution in [-0.4, -0.2) is 16.1 Å². The summed E-state index contributed by atoms with van der Waals surface area (Å²) >= 11 is 6.96. The molecule has 2 rings (SSSR count). The molecule has 0 bridgehead atoms. The van der Waals surface area contributed by atoms with Gasteiger partial charge >= 0.3 is 5.97 Å². The van der Waals surface area contributed by atoms with Crippen LogP contribution in [0.25, 0.3) is 0 Å². The van der Waals surface area contributed by atoms with Gasteiger partial charge in [-0.25, -0.2) is 14.2 Å². The summed E-state index contributed by atoms with van der Waals surface area (Å²) in [5.74, 6) is -2.07. The molecule has 1 aromatic carbocycles. The Hall–Kier alpha value is -1.79. The minimum atomic E-state index is -1.30. The summed E-state index contributed by atoms with van der Waals surface area (Å²) in [6, 6.07) is 5.74. The second-order valence-electron chi connectivity index (χ2n) is 3.53. The van der Waals surface area contributed by atoms with E-state index in [0.717, 1.165) is 17.8 Å². The number of carboxylic acid groups (broad SMARTS) is 1. The molecule has 0 aliphatic rings. The Morgan fingerprint density at radius 1 is 1.42 bits per heavy atom. The van der Waals surface area contributed by atoms with Crippen LogP contribution < -0.4 is 5.73 Å². The first-order valence-corrected chi connectivity index (χ1v) is 6.29. The molecule has 0 unspecified atom stereocenters. The molecule has 0 radical (unpaired) electrons. The van der Waals surface area contributed by atoms with Crippen molar-refractivity contribution in [1.29, 1.82) is 0 Å². The van der Waals surface area contributed by atoms with Gasteiger partial charge in [0.05, 0.1) is 16.3 Å².